The third-order valence-corrected chi connectivity index (χ3v) is 9.45. The Bertz CT molecular complexity index is 1910. The van der Waals surface area contributed by atoms with Gasteiger partial charge in [-0.1, -0.05) is 11.6 Å². The van der Waals surface area contributed by atoms with E-state index in [4.69, 9.17) is 44.8 Å². The predicted octanol–water partition coefficient (Wildman–Crippen LogP) is 4.32. The molecule has 1 aliphatic heterocycles. The van der Waals surface area contributed by atoms with Crippen LogP contribution >= 0.6 is 11.6 Å². The molecule has 3 atom stereocenters. The number of nitrogens with zero attached hydrogens (tertiary/aromatic N) is 1. The van der Waals surface area contributed by atoms with Gasteiger partial charge in [0.15, 0.2) is 0 Å². The van der Waals surface area contributed by atoms with Gasteiger partial charge in [0.1, 0.15) is 22.3 Å². The normalized spacial score (nSPS) is 18.5. The van der Waals surface area contributed by atoms with Gasteiger partial charge in [0, 0.05) is 30.9 Å². The minimum absolute atomic E-state index is 0.0338. The molecule has 1 fully saturated rings. The van der Waals surface area contributed by atoms with Gasteiger partial charge in [-0.2, -0.15) is 0 Å². The molecule has 0 unspecified atom stereocenters. The Morgan fingerprint density at radius 1 is 1.00 bits per heavy atom. The van der Waals surface area contributed by atoms with Crippen LogP contribution in [-0.2, 0) is 55.6 Å². The number of hydrogen-bond acceptors (Lipinski definition) is 14. The first-order valence-electron chi connectivity index (χ1n) is 16.4. The van der Waals surface area contributed by atoms with Crippen LogP contribution in [0.25, 0.3) is 0 Å². The average molecular weight is 802 g/mol. The standard InChI is InChI=1S/C34H38ClF2N3O13S/c1-20-18-53-34(45,22-12-23(36)14-24(37)13-22)21(2)40(20)33(44)52-19-51-31(42)8-3-7-30(41)49-10-5-11-50-32(43)26-15-29(54(38,46)47)27(35)16-28(26)39-17-25-6-4-9-48-25/h4,6,9,12-16,20-21,39,45H,3,5,7-8,10-11,17-19H2,1-2H3,(H2,38,46,47)/t20-,21+,34-/m1/s1. The van der Waals surface area contributed by atoms with Crippen LogP contribution in [0.3, 0.4) is 0 Å². The molecule has 4 N–H and O–H groups in total. The van der Waals surface area contributed by atoms with Crippen molar-refractivity contribution in [1.29, 1.82) is 0 Å². The predicted molar refractivity (Wildman–Crippen MR) is 183 cm³/mol. The van der Waals surface area contributed by atoms with E-state index >= 15 is 0 Å². The third-order valence-electron chi connectivity index (χ3n) is 8.07. The molecule has 16 nitrogen and oxygen atoms in total. The highest BCUT2D eigenvalue weighted by Crippen LogP contribution is 2.36. The molecule has 2 aromatic carbocycles. The molecule has 1 saturated heterocycles. The first kappa shape index (κ1) is 41.9. The molecule has 1 aromatic heterocycles. The number of morpholine rings is 1. The highest BCUT2D eigenvalue weighted by Gasteiger charge is 2.49. The van der Waals surface area contributed by atoms with E-state index in [-0.39, 0.29) is 73.9 Å². The van der Waals surface area contributed by atoms with Crippen molar-refractivity contribution in [3.63, 3.8) is 0 Å². The van der Waals surface area contributed by atoms with Crippen molar-refractivity contribution in [2.45, 2.75) is 68.8 Å². The number of anilines is 1. The summed E-state index contributed by atoms with van der Waals surface area (Å²) in [6, 6.07) is 6.16. The van der Waals surface area contributed by atoms with Crippen LogP contribution in [-0.4, -0.2) is 81.1 Å². The van der Waals surface area contributed by atoms with Crippen molar-refractivity contribution in [3.05, 3.63) is 82.3 Å². The summed E-state index contributed by atoms with van der Waals surface area (Å²) in [5.41, 5.74) is -0.246. The van der Waals surface area contributed by atoms with Gasteiger partial charge < -0.3 is 38.5 Å². The number of hydrogen-bond donors (Lipinski definition) is 3. The zero-order chi connectivity index (χ0) is 39.6. The highest BCUT2D eigenvalue weighted by atomic mass is 35.5. The second kappa shape index (κ2) is 18.5. The molecule has 0 aliphatic carbocycles. The summed E-state index contributed by atoms with van der Waals surface area (Å²) in [4.78, 5) is 50.6. The van der Waals surface area contributed by atoms with Gasteiger partial charge >= 0.3 is 24.0 Å². The van der Waals surface area contributed by atoms with Gasteiger partial charge in [0.25, 0.3) is 0 Å². The zero-order valence-corrected chi connectivity index (χ0v) is 30.6. The smallest absolute Gasteiger partial charge is 0.413 e. The van der Waals surface area contributed by atoms with E-state index in [2.05, 4.69) is 5.32 Å². The minimum atomic E-state index is -4.27. The lowest BCUT2D eigenvalue weighted by atomic mass is 9.94. The molecular formula is C34H38ClF2N3O13S. The molecule has 4 rings (SSSR count). The summed E-state index contributed by atoms with van der Waals surface area (Å²) in [5.74, 6) is -5.97. The fraction of sp³-hybridized carbons (Fsp3) is 0.412. The maximum Gasteiger partial charge on any atom is 0.413 e. The SMILES string of the molecule is C[C@@H]1CO[C@@](O)(c2cc(F)cc(F)c2)[C@H](C)N1C(=O)OCOC(=O)CCCC(=O)OCCCOC(=O)c1cc(S(N)(=O)=O)c(Cl)cc1NCc1ccco1. The summed E-state index contributed by atoms with van der Waals surface area (Å²) in [5, 5.41) is 19.0. The number of carbonyl (C=O) groups is 4. The molecule has 294 valence electrons. The number of nitrogens with one attached hydrogen (secondary N) is 1. The van der Waals surface area contributed by atoms with Crippen molar-refractivity contribution in [2.75, 3.05) is 31.9 Å². The number of benzene rings is 2. The van der Waals surface area contributed by atoms with E-state index in [0.717, 1.165) is 23.1 Å². The molecule has 1 aliphatic rings. The Balaban J connectivity index is 1.15. The highest BCUT2D eigenvalue weighted by molar-refractivity contribution is 7.89. The van der Waals surface area contributed by atoms with Gasteiger partial charge in [-0.05, 0) is 56.7 Å². The quantitative estimate of drug-likeness (QED) is 0.0795. The maximum atomic E-state index is 13.8. The molecular weight excluding hydrogens is 764 g/mol. The Morgan fingerprint density at radius 2 is 1.67 bits per heavy atom. The lowest BCUT2D eigenvalue weighted by Gasteiger charge is -2.47. The number of aliphatic hydroxyl groups is 1. The van der Waals surface area contributed by atoms with Crippen LogP contribution in [0.15, 0.2) is 58.0 Å². The van der Waals surface area contributed by atoms with Crippen molar-refractivity contribution in [2.24, 2.45) is 5.14 Å². The van der Waals surface area contributed by atoms with Crippen molar-refractivity contribution < 1.29 is 69.6 Å². The first-order chi connectivity index (χ1) is 25.5. The van der Waals surface area contributed by atoms with Gasteiger partial charge in [0.05, 0.1) is 61.0 Å². The molecule has 20 heteroatoms. The lowest BCUT2D eigenvalue weighted by Crippen LogP contribution is -2.62. The van der Waals surface area contributed by atoms with Crippen LogP contribution in [0.5, 0.6) is 0 Å². The Morgan fingerprint density at radius 3 is 2.31 bits per heavy atom. The van der Waals surface area contributed by atoms with E-state index in [9.17, 15) is 41.5 Å². The van der Waals surface area contributed by atoms with E-state index in [1.807, 2.05) is 0 Å². The van der Waals surface area contributed by atoms with E-state index < -0.39 is 75.2 Å². The maximum absolute atomic E-state index is 13.8. The fourth-order valence-corrected chi connectivity index (χ4v) is 6.45. The monoisotopic (exact) mass is 801 g/mol. The summed E-state index contributed by atoms with van der Waals surface area (Å²) >= 11 is 6.09. The molecule has 0 bridgehead atoms. The van der Waals surface area contributed by atoms with E-state index in [1.165, 1.54) is 19.3 Å². The Labute approximate surface area is 313 Å². The topological polar surface area (TPSA) is 223 Å². The largest absolute Gasteiger partial charge is 0.467 e. The van der Waals surface area contributed by atoms with Crippen LogP contribution in [0.1, 0.15) is 61.2 Å². The first-order valence-corrected chi connectivity index (χ1v) is 18.3. The Hall–Kier alpha value is -4.82. The number of amides is 1. The number of nitrogens with two attached hydrogens (primary N) is 1. The van der Waals surface area contributed by atoms with Crippen LogP contribution in [0.2, 0.25) is 5.02 Å². The Kier molecular flexibility index (Phi) is 14.3. The molecule has 54 heavy (non-hydrogen) atoms. The molecule has 1 amide bonds. The number of furan rings is 1. The number of carbonyl (C=O) groups excluding carboxylic acids is 4. The van der Waals surface area contributed by atoms with Gasteiger partial charge in [-0.15, -0.1) is 0 Å². The summed E-state index contributed by atoms with van der Waals surface area (Å²) in [7, 11) is -4.27. The van der Waals surface area contributed by atoms with Gasteiger partial charge in [-0.3, -0.25) is 14.5 Å². The number of halogens is 3. The van der Waals surface area contributed by atoms with Crippen molar-refractivity contribution >= 4 is 51.3 Å². The van der Waals surface area contributed by atoms with Gasteiger partial charge in [-0.25, -0.2) is 31.9 Å². The van der Waals surface area contributed by atoms with Crippen LogP contribution in [0.4, 0.5) is 19.3 Å². The third kappa shape index (κ3) is 11.1. The zero-order valence-electron chi connectivity index (χ0n) is 29.1. The van der Waals surface area contributed by atoms with Crippen LogP contribution in [0, 0.1) is 11.6 Å². The molecule has 0 spiro atoms. The fourth-order valence-electron chi connectivity index (χ4n) is 5.35. The second-order valence-electron chi connectivity index (χ2n) is 12.0. The molecule has 2 heterocycles. The molecule has 0 radical (unpaired) electrons. The number of sulfonamides is 1. The van der Waals surface area contributed by atoms with Crippen LogP contribution < -0.4 is 10.5 Å². The number of rotatable bonds is 16. The number of ether oxygens (including phenoxy) is 5. The summed E-state index contributed by atoms with van der Waals surface area (Å²) in [6.45, 7) is 1.81. The summed E-state index contributed by atoms with van der Waals surface area (Å²) < 4.78 is 82.6. The van der Waals surface area contributed by atoms with E-state index in [0.29, 0.717) is 11.8 Å². The number of esters is 3. The van der Waals surface area contributed by atoms with E-state index in [1.54, 1.807) is 19.1 Å². The number of primary sulfonamides is 1. The van der Waals surface area contributed by atoms with Crippen molar-refractivity contribution in [3.8, 4) is 0 Å². The van der Waals surface area contributed by atoms with Crippen molar-refractivity contribution in [1.82, 2.24) is 4.90 Å². The molecule has 0 saturated carbocycles. The average Bonchev–Trinajstić information content (AvgIpc) is 3.62. The minimum Gasteiger partial charge on any atom is -0.467 e. The molecule has 3 aromatic rings. The summed E-state index contributed by atoms with van der Waals surface area (Å²) in [6.07, 6.45) is 0.202. The lowest BCUT2D eigenvalue weighted by molar-refractivity contribution is -0.280. The second-order valence-corrected chi connectivity index (χ2v) is 13.9. The van der Waals surface area contributed by atoms with Gasteiger partial charge in [0.2, 0.25) is 22.6 Å².